The van der Waals surface area contributed by atoms with Gasteiger partial charge in [0.15, 0.2) is 0 Å². The SMILES string of the molecule is Cn1[nH]c(=O)c(CN)c1O. The number of aromatic hydroxyl groups is 1. The lowest BCUT2D eigenvalue weighted by Gasteiger charge is -1.92. The number of aromatic amines is 1. The molecule has 0 aliphatic rings. The van der Waals surface area contributed by atoms with E-state index in [2.05, 4.69) is 5.10 Å². The molecule has 0 saturated heterocycles. The first-order chi connectivity index (χ1) is 4.66. The monoisotopic (exact) mass is 143 g/mol. The van der Waals surface area contributed by atoms with Crippen LogP contribution in [0.15, 0.2) is 4.79 Å². The van der Waals surface area contributed by atoms with E-state index in [1.807, 2.05) is 0 Å². The summed E-state index contributed by atoms with van der Waals surface area (Å²) in [6, 6.07) is 0. The van der Waals surface area contributed by atoms with Gasteiger partial charge in [-0.3, -0.25) is 14.6 Å². The van der Waals surface area contributed by atoms with E-state index in [1.165, 1.54) is 11.7 Å². The van der Waals surface area contributed by atoms with Crippen LogP contribution in [0.1, 0.15) is 5.56 Å². The highest BCUT2D eigenvalue weighted by Crippen LogP contribution is 2.07. The van der Waals surface area contributed by atoms with Crippen molar-refractivity contribution < 1.29 is 5.11 Å². The quantitative estimate of drug-likeness (QED) is 0.465. The minimum Gasteiger partial charge on any atom is -0.493 e. The number of rotatable bonds is 1. The molecule has 0 fully saturated rings. The summed E-state index contributed by atoms with van der Waals surface area (Å²) in [5, 5.41) is 11.4. The van der Waals surface area contributed by atoms with Crippen molar-refractivity contribution >= 4 is 0 Å². The zero-order valence-corrected chi connectivity index (χ0v) is 5.59. The van der Waals surface area contributed by atoms with Crippen LogP contribution in [-0.4, -0.2) is 14.9 Å². The number of nitrogens with zero attached hydrogens (tertiary/aromatic N) is 1. The highest BCUT2D eigenvalue weighted by Gasteiger charge is 2.07. The standard InChI is InChI=1S/C5H9N3O2/c1-8-5(10)3(2-6)4(9)7-8/h10H,2,6H2,1H3,(H,7,9). The lowest BCUT2D eigenvalue weighted by Crippen LogP contribution is -2.10. The van der Waals surface area contributed by atoms with Crippen LogP contribution in [0.25, 0.3) is 0 Å². The lowest BCUT2D eigenvalue weighted by molar-refractivity contribution is 0.414. The van der Waals surface area contributed by atoms with Crippen molar-refractivity contribution in [3.05, 3.63) is 15.9 Å². The van der Waals surface area contributed by atoms with Crippen LogP contribution < -0.4 is 11.3 Å². The Balaban J connectivity index is 3.34. The molecule has 5 heteroatoms. The maximum absolute atomic E-state index is 10.8. The van der Waals surface area contributed by atoms with E-state index in [0.29, 0.717) is 0 Å². The van der Waals surface area contributed by atoms with E-state index in [0.717, 1.165) is 0 Å². The fourth-order valence-electron chi connectivity index (χ4n) is 0.761. The predicted molar refractivity (Wildman–Crippen MR) is 35.6 cm³/mol. The van der Waals surface area contributed by atoms with Crippen molar-refractivity contribution in [3.63, 3.8) is 0 Å². The van der Waals surface area contributed by atoms with Gasteiger partial charge in [0, 0.05) is 13.6 Å². The highest BCUT2D eigenvalue weighted by atomic mass is 16.3. The van der Waals surface area contributed by atoms with Crippen LogP contribution in [0.3, 0.4) is 0 Å². The van der Waals surface area contributed by atoms with Gasteiger partial charge in [0.25, 0.3) is 5.56 Å². The van der Waals surface area contributed by atoms with Gasteiger partial charge in [0.1, 0.15) is 0 Å². The molecule has 0 spiro atoms. The van der Waals surface area contributed by atoms with E-state index >= 15 is 0 Å². The molecule has 4 N–H and O–H groups in total. The van der Waals surface area contributed by atoms with E-state index in [1.54, 1.807) is 0 Å². The van der Waals surface area contributed by atoms with Crippen molar-refractivity contribution in [1.82, 2.24) is 9.78 Å². The Morgan fingerprint density at radius 2 is 2.40 bits per heavy atom. The second-order valence-corrected chi connectivity index (χ2v) is 2.01. The first kappa shape index (κ1) is 6.88. The van der Waals surface area contributed by atoms with Gasteiger partial charge in [0.2, 0.25) is 5.88 Å². The molecule has 0 amide bonds. The van der Waals surface area contributed by atoms with Crippen LogP contribution in [0, 0.1) is 0 Å². The molecule has 0 saturated carbocycles. The number of nitrogens with one attached hydrogen (secondary N) is 1. The van der Waals surface area contributed by atoms with Crippen LogP contribution in [0.4, 0.5) is 0 Å². The summed E-state index contributed by atoms with van der Waals surface area (Å²) in [6.45, 7) is 0.0575. The van der Waals surface area contributed by atoms with E-state index < -0.39 is 0 Å². The fourth-order valence-corrected chi connectivity index (χ4v) is 0.761. The summed E-state index contributed by atoms with van der Waals surface area (Å²) >= 11 is 0. The molecular weight excluding hydrogens is 134 g/mol. The molecule has 1 aromatic rings. The topological polar surface area (TPSA) is 84.0 Å². The van der Waals surface area contributed by atoms with Gasteiger partial charge in [-0.15, -0.1) is 0 Å². The zero-order chi connectivity index (χ0) is 7.72. The van der Waals surface area contributed by atoms with Crippen molar-refractivity contribution in [2.24, 2.45) is 12.8 Å². The maximum Gasteiger partial charge on any atom is 0.272 e. The van der Waals surface area contributed by atoms with Gasteiger partial charge in [-0.1, -0.05) is 0 Å². The molecule has 0 radical (unpaired) electrons. The molecule has 56 valence electrons. The predicted octanol–water partition coefficient (Wildman–Crippen LogP) is -1.12. The molecule has 1 rings (SSSR count). The fraction of sp³-hybridized carbons (Fsp3) is 0.400. The Labute approximate surface area is 57.1 Å². The smallest absolute Gasteiger partial charge is 0.272 e. The van der Waals surface area contributed by atoms with Gasteiger partial charge < -0.3 is 10.8 Å². The van der Waals surface area contributed by atoms with E-state index in [9.17, 15) is 4.79 Å². The third-order valence-corrected chi connectivity index (χ3v) is 1.34. The molecule has 0 aliphatic carbocycles. The Kier molecular flexibility index (Phi) is 1.50. The minimum atomic E-state index is -0.331. The number of aryl methyl sites for hydroxylation is 1. The van der Waals surface area contributed by atoms with Gasteiger partial charge in [-0.05, 0) is 0 Å². The van der Waals surface area contributed by atoms with Gasteiger partial charge in [0.05, 0.1) is 5.56 Å². The van der Waals surface area contributed by atoms with Crippen molar-refractivity contribution in [1.29, 1.82) is 0 Å². The van der Waals surface area contributed by atoms with Crippen molar-refractivity contribution in [2.45, 2.75) is 6.54 Å². The summed E-state index contributed by atoms with van der Waals surface area (Å²) in [5.74, 6) is -0.0903. The molecule has 0 unspecified atom stereocenters. The second-order valence-electron chi connectivity index (χ2n) is 2.01. The molecule has 0 aromatic carbocycles. The summed E-state index contributed by atoms with van der Waals surface area (Å²) in [4.78, 5) is 10.8. The number of hydrogen-bond acceptors (Lipinski definition) is 3. The minimum absolute atomic E-state index is 0.0575. The Hall–Kier alpha value is -1.23. The van der Waals surface area contributed by atoms with Crippen LogP contribution >= 0.6 is 0 Å². The maximum atomic E-state index is 10.8. The van der Waals surface area contributed by atoms with Crippen LogP contribution in [0.2, 0.25) is 0 Å². The Bertz CT molecular complexity index is 286. The number of H-pyrrole nitrogens is 1. The molecule has 10 heavy (non-hydrogen) atoms. The average Bonchev–Trinajstić information content (AvgIpc) is 2.09. The lowest BCUT2D eigenvalue weighted by atomic mass is 10.3. The van der Waals surface area contributed by atoms with Gasteiger partial charge >= 0.3 is 0 Å². The zero-order valence-electron chi connectivity index (χ0n) is 5.59. The van der Waals surface area contributed by atoms with Crippen molar-refractivity contribution in [2.75, 3.05) is 0 Å². The first-order valence-corrected chi connectivity index (χ1v) is 2.83. The largest absolute Gasteiger partial charge is 0.493 e. The molecular formula is C5H9N3O2. The van der Waals surface area contributed by atoms with E-state index in [4.69, 9.17) is 10.8 Å². The molecule has 5 nitrogen and oxygen atoms in total. The summed E-state index contributed by atoms with van der Waals surface area (Å²) in [5.41, 5.74) is 5.07. The van der Waals surface area contributed by atoms with Crippen LogP contribution in [0.5, 0.6) is 5.88 Å². The van der Waals surface area contributed by atoms with Crippen molar-refractivity contribution in [3.8, 4) is 5.88 Å². The number of nitrogens with two attached hydrogens (primary N) is 1. The molecule has 1 heterocycles. The van der Waals surface area contributed by atoms with E-state index in [-0.39, 0.29) is 23.5 Å². The molecule has 0 atom stereocenters. The normalized spacial score (nSPS) is 10.2. The third-order valence-electron chi connectivity index (χ3n) is 1.34. The Morgan fingerprint density at radius 1 is 1.80 bits per heavy atom. The number of hydrogen-bond donors (Lipinski definition) is 3. The average molecular weight is 143 g/mol. The molecule has 0 bridgehead atoms. The molecule has 0 aliphatic heterocycles. The summed E-state index contributed by atoms with van der Waals surface area (Å²) in [6.07, 6.45) is 0. The summed E-state index contributed by atoms with van der Waals surface area (Å²) in [7, 11) is 1.54. The second kappa shape index (κ2) is 2.18. The van der Waals surface area contributed by atoms with Gasteiger partial charge in [-0.2, -0.15) is 0 Å². The molecule has 1 aromatic heterocycles. The van der Waals surface area contributed by atoms with Crippen LogP contribution in [-0.2, 0) is 13.6 Å². The summed E-state index contributed by atoms with van der Waals surface area (Å²) < 4.78 is 1.23. The van der Waals surface area contributed by atoms with Gasteiger partial charge in [-0.25, -0.2) is 0 Å². The first-order valence-electron chi connectivity index (χ1n) is 2.83. The third kappa shape index (κ3) is 0.801. The Morgan fingerprint density at radius 3 is 2.60 bits per heavy atom. The number of aromatic nitrogens is 2. The highest BCUT2D eigenvalue weighted by molar-refractivity contribution is 5.21.